The molecule has 2 rings (SSSR count). The number of hydrogen-bond acceptors (Lipinski definition) is 5. The zero-order valence-electron chi connectivity index (χ0n) is 14.3. The van der Waals surface area contributed by atoms with Gasteiger partial charge in [-0.2, -0.15) is 0 Å². The highest BCUT2D eigenvalue weighted by Gasteiger charge is 2.12. The van der Waals surface area contributed by atoms with Crippen molar-refractivity contribution in [2.24, 2.45) is 0 Å². The van der Waals surface area contributed by atoms with E-state index in [9.17, 15) is 4.79 Å². The van der Waals surface area contributed by atoms with Gasteiger partial charge in [-0.15, -0.1) is 11.3 Å². The molecule has 1 aromatic heterocycles. The summed E-state index contributed by atoms with van der Waals surface area (Å²) in [7, 11) is 1.67. The number of carbonyl (C=O) groups is 1. The van der Waals surface area contributed by atoms with Gasteiger partial charge in [-0.3, -0.25) is 0 Å². The standard InChI is InChI=1S/C17H24N4O2S/c1-12(16-11-24-13(2)21-16)20-17(22)19-10-14-6-4-5-7-15(14)18-8-9-23-3/h4-7,11-12,18H,8-10H2,1-3H3,(H2,19,20,22). The predicted molar refractivity (Wildman–Crippen MR) is 97.4 cm³/mol. The third-order valence-electron chi connectivity index (χ3n) is 3.51. The Hall–Kier alpha value is -2.12. The minimum atomic E-state index is -0.208. The van der Waals surface area contributed by atoms with Gasteiger partial charge >= 0.3 is 6.03 Å². The number of aromatic nitrogens is 1. The number of anilines is 1. The molecule has 7 heteroatoms. The number of benzene rings is 1. The van der Waals surface area contributed by atoms with Crippen LogP contribution in [-0.2, 0) is 11.3 Å². The third-order valence-corrected chi connectivity index (χ3v) is 4.30. The highest BCUT2D eigenvalue weighted by Crippen LogP contribution is 2.16. The van der Waals surface area contributed by atoms with Crippen molar-refractivity contribution in [3.63, 3.8) is 0 Å². The van der Waals surface area contributed by atoms with E-state index in [-0.39, 0.29) is 12.1 Å². The smallest absolute Gasteiger partial charge is 0.315 e. The van der Waals surface area contributed by atoms with E-state index in [0.29, 0.717) is 13.2 Å². The second-order valence-corrected chi connectivity index (χ2v) is 6.48. The van der Waals surface area contributed by atoms with E-state index in [1.807, 2.05) is 43.5 Å². The number of amides is 2. The van der Waals surface area contributed by atoms with Crippen molar-refractivity contribution in [3.8, 4) is 0 Å². The van der Waals surface area contributed by atoms with Crippen molar-refractivity contribution in [3.05, 3.63) is 45.9 Å². The monoisotopic (exact) mass is 348 g/mol. The number of nitrogens with one attached hydrogen (secondary N) is 3. The maximum absolute atomic E-state index is 12.1. The summed E-state index contributed by atoms with van der Waals surface area (Å²) in [6, 6.07) is 7.57. The van der Waals surface area contributed by atoms with Gasteiger partial charge in [0.05, 0.1) is 23.4 Å². The molecule has 2 aromatic rings. The summed E-state index contributed by atoms with van der Waals surface area (Å²) < 4.78 is 5.04. The van der Waals surface area contributed by atoms with E-state index in [1.54, 1.807) is 18.4 Å². The van der Waals surface area contributed by atoms with Crippen molar-refractivity contribution in [1.82, 2.24) is 15.6 Å². The molecule has 1 atom stereocenters. The van der Waals surface area contributed by atoms with Crippen LogP contribution in [0.4, 0.5) is 10.5 Å². The lowest BCUT2D eigenvalue weighted by molar-refractivity contribution is 0.210. The summed E-state index contributed by atoms with van der Waals surface area (Å²) >= 11 is 1.58. The predicted octanol–water partition coefficient (Wildman–Crippen LogP) is 3.07. The molecule has 6 nitrogen and oxygen atoms in total. The lowest BCUT2D eigenvalue weighted by atomic mass is 10.1. The molecule has 24 heavy (non-hydrogen) atoms. The molecule has 1 unspecified atom stereocenters. The van der Waals surface area contributed by atoms with Gasteiger partial charge in [0.15, 0.2) is 0 Å². The molecular formula is C17H24N4O2S. The first kappa shape index (κ1) is 18.2. The molecule has 0 spiro atoms. The molecule has 1 heterocycles. The summed E-state index contributed by atoms with van der Waals surface area (Å²) in [5.74, 6) is 0. The SMILES string of the molecule is COCCNc1ccccc1CNC(=O)NC(C)c1csc(C)n1. The van der Waals surface area contributed by atoms with Crippen molar-refractivity contribution in [2.45, 2.75) is 26.4 Å². The first-order valence-corrected chi connectivity index (χ1v) is 8.75. The Morgan fingerprint density at radius 2 is 2.17 bits per heavy atom. The number of nitrogens with zero attached hydrogens (tertiary/aromatic N) is 1. The molecule has 3 N–H and O–H groups in total. The number of thiazole rings is 1. The molecule has 0 aliphatic rings. The van der Waals surface area contributed by atoms with Crippen molar-refractivity contribution in [1.29, 1.82) is 0 Å². The van der Waals surface area contributed by atoms with E-state index in [1.165, 1.54) is 0 Å². The molecule has 0 aliphatic heterocycles. The van der Waals surface area contributed by atoms with Crippen LogP contribution in [-0.4, -0.2) is 31.3 Å². The summed E-state index contributed by atoms with van der Waals surface area (Å²) in [4.78, 5) is 16.5. The average molecular weight is 348 g/mol. The lowest BCUT2D eigenvalue weighted by Gasteiger charge is -2.15. The fourth-order valence-corrected chi connectivity index (χ4v) is 2.92. The highest BCUT2D eigenvalue weighted by molar-refractivity contribution is 7.09. The minimum Gasteiger partial charge on any atom is -0.383 e. The normalized spacial score (nSPS) is 11.8. The first-order valence-electron chi connectivity index (χ1n) is 7.87. The van der Waals surface area contributed by atoms with E-state index in [0.717, 1.165) is 28.5 Å². The Morgan fingerprint density at radius 1 is 1.38 bits per heavy atom. The molecule has 0 saturated carbocycles. The van der Waals surface area contributed by atoms with E-state index >= 15 is 0 Å². The van der Waals surface area contributed by atoms with Crippen LogP contribution in [0, 0.1) is 6.92 Å². The van der Waals surface area contributed by atoms with Gasteiger partial charge < -0.3 is 20.7 Å². The Bertz CT molecular complexity index is 660. The van der Waals surface area contributed by atoms with Gasteiger partial charge in [-0.1, -0.05) is 18.2 Å². The fourth-order valence-electron chi connectivity index (χ4n) is 2.21. The number of hydrogen-bond donors (Lipinski definition) is 3. The molecular weight excluding hydrogens is 324 g/mol. The molecule has 130 valence electrons. The van der Waals surface area contributed by atoms with E-state index < -0.39 is 0 Å². The Kier molecular flexibility index (Phi) is 7.02. The van der Waals surface area contributed by atoms with Crippen LogP contribution < -0.4 is 16.0 Å². The van der Waals surface area contributed by atoms with Crippen molar-refractivity contribution < 1.29 is 9.53 Å². The fraction of sp³-hybridized carbons (Fsp3) is 0.412. The van der Waals surface area contributed by atoms with Crippen LogP contribution in [0.2, 0.25) is 0 Å². The van der Waals surface area contributed by atoms with Gasteiger partial charge in [-0.25, -0.2) is 9.78 Å². The first-order chi connectivity index (χ1) is 11.6. The molecule has 0 radical (unpaired) electrons. The van der Waals surface area contributed by atoms with Crippen LogP contribution in [0.25, 0.3) is 0 Å². The Labute approximate surface area is 146 Å². The van der Waals surface area contributed by atoms with Crippen LogP contribution in [0.1, 0.15) is 29.2 Å². The number of rotatable bonds is 8. The van der Waals surface area contributed by atoms with Crippen LogP contribution in [0.5, 0.6) is 0 Å². The summed E-state index contributed by atoms with van der Waals surface area (Å²) in [5, 5.41) is 12.1. The van der Waals surface area contributed by atoms with Gasteiger partial charge in [0, 0.05) is 31.3 Å². The highest BCUT2D eigenvalue weighted by atomic mass is 32.1. The Morgan fingerprint density at radius 3 is 2.88 bits per heavy atom. The van der Waals surface area contributed by atoms with Crippen LogP contribution in [0.3, 0.4) is 0 Å². The lowest BCUT2D eigenvalue weighted by Crippen LogP contribution is -2.36. The zero-order valence-corrected chi connectivity index (χ0v) is 15.1. The maximum atomic E-state index is 12.1. The largest absolute Gasteiger partial charge is 0.383 e. The molecule has 1 aromatic carbocycles. The van der Waals surface area contributed by atoms with Gasteiger partial charge in [0.1, 0.15) is 0 Å². The van der Waals surface area contributed by atoms with E-state index in [4.69, 9.17) is 4.74 Å². The zero-order chi connectivity index (χ0) is 17.4. The summed E-state index contributed by atoms with van der Waals surface area (Å²) in [6.45, 7) is 5.68. The molecule has 2 amide bonds. The number of ether oxygens (including phenoxy) is 1. The van der Waals surface area contributed by atoms with Gasteiger partial charge in [0.25, 0.3) is 0 Å². The number of aryl methyl sites for hydroxylation is 1. The quantitative estimate of drug-likeness (QED) is 0.641. The average Bonchev–Trinajstić information content (AvgIpc) is 3.01. The molecule has 0 bridgehead atoms. The molecule has 0 aliphatic carbocycles. The van der Waals surface area contributed by atoms with Gasteiger partial charge in [0.2, 0.25) is 0 Å². The van der Waals surface area contributed by atoms with E-state index in [2.05, 4.69) is 20.9 Å². The topological polar surface area (TPSA) is 75.3 Å². The van der Waals surface area contributed by atoms with Crippen LogP contribution >= 0.6 is 11.3 Å². The number of carbonyl (C=O) groups excluding carboxylic acids is 1. The summed E-state index contributed by atoms with van der Waals surface area (Å²) in [5.41, 5.74) is 2.91. The Balaban J connectivity index is 1.85. The minimum absolute atomic E-state index is 0.120. The number of para-hydroxylation sites is 1. The van der Waals surface area contributed by atoms with Gasteiger partial charge in [-0.05, 0) is 25.5 Å². The van der Waals surface area contributed by atoms with Crippen molar-refractivity contribution in [2.75, 3.05) is 25.6 Å². The number of urea groups is 1. The molecule has 0 fully saturated rings. The van der Waals surface area contributed by atoms with Crippen LogP contribution in [0.15, 0.2) is 29.6 Å². The second kappa shape index (κ2) is 9.24. The second-order valence-electron chi connectivity index (χ2n) is 5.42. The third kappa shape index (κ3) is 5.50. The number of methoxy groups -OCH3 is 1. The van der Waals surface area contributed by atoms with Crippen molar-refractivity contribution >= 4 is 23.1 Å². The molecule has 0 saturated heterocycles. The maximum Gasteiger partial charge on any atom is 0.315 e. The summed E-state index contributed by atoms with van der Waals surface area (Å²) in [6.07, 6.45) is 0.